The van der Waals surface area contributed by atoms with E-state index in [1.54, 1.807) is 0 Å². The molecule has 0 saturated carbocycles. The number of amides is 2. The summed E-state index contributed by atoms with van der Waals surface area (Å²) in [5, 5.41) is 22.8. The van der Waals surface area contributed by atoms with Gasteiger partial charge in [-0.15, -0.1) is 10.2 Å². The summed E-state index contributed by atoms with van der Waals surface area (Å²) in [6.07, 6.45) is 2.04. The number of rotatable bonds is 5. The van der Waals surface area contributed by atoms with E-state index in [9.17, 15) is 14.7 Å². The van der Waals surface area contributed by atoms with E-state index in [0.29, 0.717) is 6.54 Å². The van der Waals surface area contributed by atoms with Crippen molar-refractivity contribution < 1.29 is 19.1 Å². The molecular formula is C13H19N5O4. The van der Waals surface area contributed by atoms with Gasteiger partial charge < -0.3 is 25.1 Å². The lowest BCUT2D eigenvalue weighted by molar-refractivity contribution is -0.154. The van der Waals surface area contributed by atoms with Gasteiger partial charge in [-0.3, -0.25) is 9.59 Å². The minimum absolute atomic E-state index is 0.0356. The highest BCUT2D eigenvalue weighted by Gasteiger charge is 2.53. The highest BCUT2D eigenvalue weighted by Crippen LogP contribution is 2.31. The highest BCUT2D eigenvalue weighted by atomic mass is 16.4. The van der Waals surface area contributed by atoms with Crippen molar-refractivity contribution >= 4 is 11.8 Å². The van der Waals surface area contributed by atoms with Crippen LogP contribution in [0.15, 0.2) is 10.8 Å². The van der Waals surface area contributed by atoms with E-state index in [-0.39, 0.29) is 24.2 Å². The van der Waals surface area contributed by atoms with Gasteiger partial charge >= 0.3 is 0 Å². The molecule has 0 aliphatic carbocycles. The van der Waals surface area contributed by atoms with E-state index in [1.807, 2.05) is 0 Å². The summed E-state index contributed by atoms with van der Waals surface area (Å²) in [6.45, 7) is 2.85. The molecule has 1 aromatic heterocycles. The van der Waals surface area contributed by atoms with Gasteiger partial charge in [-0.1, -0.05) is 0 Å². The molecule has 22 heavy (non-hydrogen) atoms. The molecule has 3 N–H and O–H groups in total. The van der Waals surface area contributed by atoms with E-state index in [1.165, 1.54) is 11.8 Å². The van der Waals surface area contributed by atoms with Gasteiger partial charge in [-0.2, -0.15) is 0 Å². The normalized spacial score (nSPS) is 26.8. The van der Waals surface area contributed by atoms with Crippen molar-refractivity contribution in [1.82, 2.24) is 25.7 Å². The molecule has 2 saturated heterocycles. The Hall–Kier alpha value is -2.00. The summed E-state index contributed by atoms with van der Waals surface area (Å²) >= 11 is 0. The van der Waals surface area contributed by atoms with Gasteiger partial charge in [-0.05, 0) is 26.3 Å². The molecule has 0 bridgehead atoms. The van der Waals surface area contributed by atoms with Crippen LogP contribution in [0.4, 0.5) is 0 Å². The second-order valence-corrected chi connectivity index (χ2v) is 5.84. The molecule has 1 aromatic rings. The van der Waals surface area contributed by atoms with Gasteiger partial charge in [0, 0.05) is 6.54 Å². The van der Waals surface area contributed by atoms with Crippen molar-refractivity contribution in [3.05, 3.63) is 12.3 Å². The smallest absolute Gasteiger partial charge is 0.245 e. The Morgan fingerprint density at radius 1 is 1.68 bits per heavy atom. The Kier molecular flexibility index (Phi) is 3.83. The molecule has 3 atom stereocenters. The molecule has 120 valence electrons. The van der Waals surface area contributed by atoms with Crippen LogP contribution in [0.2, 0.25) is 0 Å². The first kappa shape index (κ1) is 14.9. The van der Waals surface area contributed by atoms with Gasteiger partial charge in [-0.25, -0.2) is 0 Å². The average Bonchev–Trinajstić information content (AvgIpc) is 3.16. The summed E-state index contributed by atoms with van der Waals surface area (Å²) in [5.41, 5.74) is -0.448. The number of likely N-dealkylation sites (tertiary alicyclic amines) is 1. The van der Waals surface area contributed by atoms with Crippen molar-refractivity contribution in [2.45, 2.75) is 37.5 Å². The fraction of sp³-hybridized carbons (Fsp3) is 0.692. The quantitative estimate of drug-likeness (QED) is 0.570. The van der Waals surface area contributed by atoms with Crippen LogP contribution in [0.5, 0.6) is 0 Å². The highest BCUT2D eigenvalue weighted by molar-refractivity contribution is 5.96. The molecule has 3 rings (SSSR count). The fourth-order valence-electron chi connectivity index (χ4n) is 3.03. The van der Waals surface area contributed by atoms with Crippen molar-refractivity contribution in [3.63, 3.8) is 0 Å². The number of β-lactam (4-membered cyclic amide) rings is 1. The Morgan fingerprint density at radius 2 is 2.50 bits per heavy atom. The number of aliphatic hydroxyl groups excluding tert-OH is 1. The standard InChI is InChI=1S/C13H19N5O4/c1-8(19)10(11-17-15-7-22-11)16-9(20)5-18-6-13(12(18)21)3-2-4-14-13/h7-8,10,14,19H,2-6H2,1H3,(H,16,20)/t8-,10+,13?/m1/s1. The SMILES string of the molecule is C[C@@H](O)[C@H](NC(=O)CN1CC2(CCCN2)C1=O)c1nnco1. The van der Waals surface area contributed by atoms with Crippen LogP contribution in [-0.4, -0.2) is 63.3 Å². The van der Waals surface area contributed by atoms with E-state index in [4.69, 9.17) is 4.42 Å². The first-order valence-corrected chi connectivity index (χ1v) is 7.30. The van der Waals surface area contributed by atoms with Gasteiger partial charge in [0.25, 0.3) is 0 Å². The number of nitrogens with one attached hydrogen (secondary N) is 2. The predicted molar refractivity (Wildman–Crippen MR) is 73.4 cm³/mol. The van der Waals surface area contributed by atoms with Crippen molar-refractivity contribution in [3.8, 4) is 0 Å². The van der Waals surface area contributed by atoms with E-state index < -0.39 is 17.7 Å². The number of nitrogens with zero attached hydrogens (tertiary/aromatic N) is 3. The van der Waals surface area contributed by atoms with Crippen LogP contribution in [0.25, 0.3) is 0 Å². The van der Waals surface area contributed by atoms with Gasteiger partial charge in [0.2, 0.25) is 24.1 Å². The zero-order chi connectivity index (χ0) is 15.7. The third-order valence-corrected chi connectivity index (χ3v) is 4.18. The maximum Gasteiger partial charge on any atom is 0.245 e. The number of aromatic nitrogens is 2. The Labute approximate surface area is 127 Å². The maximum absolute atomic E-state index is 12.2. The molecule has 9 nitrogen and oxygen atoms in total. The molecule has 1 unspecified atom stereocenters. The number of carbonyl (C=O) groups excluding carboxylic acids is 2. The molecule has 2 aliphatic rings. The molecule has 9 heteroatoms. The van der Waals surface area contributed by atoms with Gasteiger partial charge in [0.15, 0.2) is 0 Å². The largest absolute Gasteiger partial charge is 0.426 e. The number of hydrogen-bond acceptors (Lipinski definition) is 7. The second kappa shape index (κ2) is 5.65. The third-order valence-electron chi connectivity index (χ3n) is 4.18. The number of hydrogen-bond donors (Lipinski definition) is 3. The van der Waals surface area contributed by atoms with Crippen molar-refractivity contribution in [2.24, 2.45) is 0 Å². The van der Waals surface area contributed by atoms with Crippen molar-refractivity contribution in [1.29, 1.82) is 0 Å². The molecular weight excluding hydrogens is 290 g/mol. The lowest BCUT2D eigenvalue weighted by atomic mass is 9.87. The monoisotopic (exact) mass is 309 g/mol. The second-order valence-electron chi connectivity index (χ2n) is 5.84. The zero-order valence-corrected chi connectivity index (χ0v) is 12.3. The molecule has 1 spiro atoms. The van der Waals surface area contributed by atoms with E-state index >= 15 is 0 Å². The Balaban J connectivity index is 1.55. The lowest BCUT2D eigenvalue weighted by Gasteiger charge is -2.46. The predicted octanol–water partition coefficient (Wildman–Crippen LogP) is -1.43. The first-order chi connectivity index (χ1) is 10.5. The molecule has 2 amide bonds. The average molecular weight is 309 g/mol. The zero-order valence-electron chi connectivity index (χ0n) is 12.3. The lowest BCUT2D eigenvalue weighted by Crippen LogP contribution is -2.72. The number of carbonyl (C=O) groups is 2. The summed E-state index contributed by atoms with van der Waals surface area (Å²) in [4.78, 5) is 25.7. The topological polar surface area (TPSA) is 121 Å². The first-order valence-electron chi connectivity index (χ1n) is 7.30. The molecule has 0 radical (unpaired) electrons. The van der Waals surface area contributed by atoms with Gasteiger partial charge in [0.1, 0.15) is 11.6 Å². The minimum atomic E-state index is -0.890. The van der Waals surface area contributed by atoms with E-state index in [0.717, 1.165) is 25.8 Å². The van der Waals surface area contributed by atoms with Crippen LogP contribution < -0.4 is 10.6 Å². The van der Waals surface area contributed by atoms with Crippen LogP contribution in [-0.2, 0) is 9.59 Å². The minimum Gasteiger partial charge on any atom is -0.426 e. The van der Waals surface area contributed by atoms with Crippen LogP contribution in [0, 0.1) is 0 Å². The summed E-state index contributed by atoms with van der Waals surface area (Å²) in [6, 6.07) is -0.787. The van der Waals surface area contributed by atoms with E-state index in [2.05, 4.69) is 20.8 Å². The Bertz CT molecular complexity index is 553. The fourth-order valence-corrected chi connectivity index (χ4v) is 3.03. The molecule has 3 heterocycles. The molecule has 0 aromatic carbocycles. The van der Waals surface area contributed by atoms with Crippen LogP contribution in [0.1, 0.15) is 31.7 Å². The molecule has 2 aliphatic heterocycles. The molecule has 2 fully saturated rings. The number of aliphatic hydroxyl groups is 1. The van der Waals surface area contributed by atoms with Crippen LogP contribution >= 0.6 is 0 Å². The Morgan fingerprint density at radius 3 is 3.05 bits per heavy atom. The van der Waals surface area contributed by atoms with Crippen molar-refractivity contribution in [2.75, 3.05) is 19.6 Å². The maximum atomic E-state index is 12.2. The third kappa shape index (κ3) is 2.57. The summed E-state index contributed by atoms with van der Waals surface area (Å²) in [5.74, 6) is -0.274. The van der Waals surface area contributed by atoms with Crippen LogP contribution in [0.3, 0.4) is 0 Å². The summed E-state index contributed by atoms with van der Waals surface area (Å²) in [7, 11) is 0. The summed E-state index contributed by atoms with van der Waals surface area (Å²) < 4.78 is 5.01. The van der Waals surface area contributed by atoms with Gasteiger partial charge in [0.05, 0.1) is 12.6 Å².